The third kappa shape index (κ3) is 5.51. The summed E-state index contributed by atoms with van der Waals surface area (Å²) in [4.78, 5) is 2.37. The number of fused-ring (bicyclic) bond motifs is 7. The number of hydrogen-bond acceptors (Lipinski definition) is 1. The zero-order valence-electron chi connectivity index (χ0n) is 29.2. The van der Waals surface area contributed by atoms with Crippen molar-refractivity contribution in [2.45, 2.75) is 0 Å². The lowest BCUT2D eigenvalue weighted by molar-refractivity contribution is 1.28. The summed E-state index contributed by atoms with van der Waals surface area (Å²) in [7, 11) is 0. The lowest BCUT2D eigenvalue weighted by Gasteiger charge is -2.27. The fraction of sp³-hybridized carbons (Fsp3) is 0. The Balaban J connectivity index is 1.12. The van der Waals surface area contributed by atoms with Crippen molar-refractivity contribution in [3.8, 4) is 33.4 Å². The zero-order chi connectivity index (χ0) is 35.1. The van der Waals surface area contributed by atoms with Gasteiger partial charge < -0.3 is 4.90 Å². The van der Waals surface area contributed by atoms with E-state index in [4.69, 9.17) is 0 Å². The van der Waals surface area contributed by atoms with Crippen molar-refractivity contribution < 1.29 is 0 Å². The van der Waals surface area contributed by atoms with Gasteiger partial charge in [-0.15, -0.1) is 0 Å². The largest absolute Gasteiger partial charge is 0.310 e. The van der Waals surface area contributed by atoms with Crippen LogP contribution in [0.2, 0.25) is 0 Å². The van der Waals surface area contributed by atoms with E-state index in [-0.39, 0.29) is 0 Å². The van der Waals surface area contributed by atoms with E-state index in [1.807, 2.05) is 0 Å². The molecule has 1 nitrogen and oxygen atoms in total. The number of benzene rings is 10. The van der Waals surface area contributed by atoms with E-state index in [0.29, 0.717) is 0 Å². The van der Waals surface area contributed by atoms with Crippen LogP contribution in [0.15, 0.2) is 212 Å². The van der Waals surface area contributed by atoms with Gasteiger partial charge >= 0.3 is 0 Å². The summed E-state index contributed by atoms with van der Waals surface area (Å²) in [6.07, 6.45) is 0. The monoisotopic (exact) mass is 673 g/mol. The zero-order valence-corrected chi connectivity index (χ0v) is 29.2. The minimum Gasteiger partial charge on any atom is -0.310 e. The van der Waals surface area contributed by atoms with Crippen LogP contribution < -0.4 is 4.90 Å². The first-order chi connectivity index (χ1) is 26.3. The molecule has 10 aromatic carbocycles. The Hall–Kier alpha value is -6.96. The molecule has 0 N–H and O–H groups in total. The Kier molecular flexibility index (Phi) is 7.55. The summed E-state index contributed by atoms with van der Waals surface area (Å²) >= 11 is 0. The van der Waals surface area contributed by atoms with E-state index in [1.54, 1.807) is 0 Å². The minimum atomic E-state index is 1.10. The Morgan fingerprint density at radius 3 is 1.38 bits per heavy atom. The van der Waals surface area contributed by atoms with Crippen molar-refractivity contribution in [1.29, 1.82) is 0 Å². The number of anilines is 3. The topological polar surface area (TPSA) is 3.24 Å². The van der Waals surface area contributed by atoms with E-state index in [0.717, 1.165) is 17.1 Å². The van der Waals surface area contributed by atoms with Crippen molar-refractivity contribution in [1.82, 2.24) is 0 Å². The molecular weight excluding hydrogens is 639 g/mol. The van der Waals surface area contributed by atoms with E-state index in [9.17, 15) is 0 Å². The van der Waals surface area contributed by atoms with Gasteiger partial charge in [0, 0.05) is 17.1 Å². The molecule has 0 aliphatic heterocycles. The molecule has 53 heavy (non-hydrogen) atoms. The Morgan fingerprint density at radius 2 is 0.736 bits per heavy atom. The second-order valence-corrected chi connectivity index (χ2v) is 13.7. The fourth-order valence-corrected chi connectivity index (χ4v) is 8.08. The van der Waals surface area contributed by atoms with Gasteiger partial charge in [-0.05, 0) is 113 Å². The van der Waals surface area contributed by atoms with Crippen molar-refractivity contribution >= 4 is 60.2 Å². The average molecular weight is 674 g/mol. The van der Waals surface area contributed by atoms with Gasteiger partial charge in [0.2, 0.25) is 0 Å². The molecule has 0 radical (unpaired) electrons. The molecule has 248 valence electrons. The second-order valence-electron chi connectivity index (χ2n) is 13.7. The minimum absolute atomic E-state index is 1.10. The molecule has 0 fully saturated rings. The maximum absolute atomic E-state index is 2.37. The third-order valence-electron chi connectivity index (χ3n) is 10.6. The highest BCUT2D eigenvalue weighted by atomic mass is 15.1. The van der Waals surface area contributed by atoms with Crippen LogP contribution in [0.3, 0.4) is 0 Å². The predicted octanol–water partition coefficient (Wildman–Crippen LogP) is 14.8. The van der Waals surface area contributed by atoms with Crippen LogP contribution >= 0.6 is 0 Å². The highest BCUT2D eigenvalue weighted by molar-refractivity contribution is 6.28. The second kappa shape index (κ2) is 13.0. The summed E-state index contributed by atoms with van der Waals surface area (Å²) in [6.45, 7) is 0. The third-order valence-corrected chi connectivity index (χ3v) is 10.6. The van der Waals surface area contributed by atoms with Crippen LogP contribution in [0.4, 0.5) is 17.1 Å². The van der Waals surface area contributed by atoms with Gasteiger partial charge in [-0.1, -0.05) is 176 Å². The maximum Gasteiger partial charge on any atom is 0.0467 e. The Bertz CT molecular complexity index is 2840. The maximum atomic E-state index is 2.37. The van der Waals surface area contributed by atoms with Gasteiger partial charge in [-0.2, -0.15) is 0 Å². The molecule has 0 aliphatic rings. The predicted molar refractivity (Wildman–Crippen MR) is 227 cm³/mol. The van der Waals surface area contributed by atoms with Crippen LogP contribution in [0.5, 0.6) is 0 Å². The normalized spacial score (nSPS) is 11.4. The standard InChI is InChI=1S/C52H35N/c1-3-12-36(13-4-1)42-17-9-19-45(34-42)53(46-20-10-18-43(35-46)37-14-5-2-6-15-37)44-31-28-39(29-32-44)47-22-11-23-50-49(47)33-30-41-27-26-40-25-24-38-16-7-8-21-48(38)51(40)52(41)50/h1-35H. The van der Waals surface area contributed by atoms with Crippen LogP contribution in [0.1, 0.15) is 0 Å². The van der Waals surface area contributed by atoms with Crippen LogP contribution in [0, 0.1) is 0 Å². The van der Waals surface area contributed by atoms with Crippen LogP contribution in [0.25, 0.3) is 76.5 Å². The smallest absolute Gasteiger partial charge is 0.0467 e. The van der Waals surface area contributed by atoms with Gasteiger partial charge in [-0.25, -0.2) is 0 Å². The molecule has 1 heteroatoms. The molecule has 0 spiro atoms. The molecule has 0 amide bonds. The first-order valence-electron chi connectivity index (χ1n) is 18.3. The molecular formula is C52H35N. The highest BCUT2D eigenvalue weighted by Gasteiger charge is 2.16. The fourth-order valence-electron chi connectivity index (χ4n) is 8.08. The van der Waals surface area contributed by atoms with Crippen molar-refractivity contribution in [2.24, 2.45) is 0 Å². The highest BCUT2D eigenvalue weighted by Crippen LogP contribution is 2.42. The summed E-state index contributed by atoms with van der Waals surface area (Å²) in [5.41, 5.74) is 10.5. The van der Waals surface area contributed by atoms with E-state index < -0.39 is 0 Å². The van der Waals surface area contributed by atoms with Gasteiger partial charge in [0.25, 0.3) is 0 Å². The number of nitrogens with zero attached hydrogens (tertiary/aromatic N) is 1. The number of rotatable bonds is 6. The van der Waals surface area contributed by atoms with E-state index in [2.05, 4.69) is 217 Å². The molecule has 10 rings (SSSR count). The van der Waals surface area contributed by atoms with Gasteiger partial charge in [0.1, 0.15) is 0 Å². The summed E-state index contributed by atoms with van der Waals surface area (Å²) in [5, 5.41) is 10.3. The van der Waals surface area contributed by atoms with Crippen LogP contribution in [-0.2, 0) is 0 Å². The molecule has 0 unspecified atom stereocenters. The van der Waals surface area contributed by atoms with Crippen molar-refractivity contribution in [3.63, 3.8) is 0 Å². The van der Waals surface area contributed by atoms with Gasteiger partial charge in [-0.3, -0.25) is 0 Å². The summed E-state index contributed by atoms with van der Waals surface area (Å²) < 4.78 is 0. The van der Waals surface area contributed by atoms with E-state index in [1.165, 1.54) is 76.5 Å². The quantitative estimate of drug-likeness (QED) is 0.159. The van der Waals surface area contributed by atoms with E-state index >= 15 is 0 Å². The average Bonchev–Trinajstić information content (AvgIpc) is 3.24. The molecule has 0 aliphatic carbocycles. The molecule has 0 bridgehead atoms. The van der Waals surface area contributed by atoms with Crippen molar-refractivity contribution in [3.05, 3.63) is 212 Å². The molecule has 0 aromatic heterocycles. The lowest BCUT2D eigenvalue weighted by Crippen LogP contribution is -2.10. The lowest BCUT2D eigenvalue weighted by atomic mass is 9.90. The molecule has 0 atom stereocenters. The molecule has 0 saturated carbocycles. The molecule has 0 heterocycles. The van der Waals surface area contributed by atoms with Crippen molar-refractivity contribution in [2.75, 3.05) is 4.90 Å². The van der Waals surface area contributed by atoms with Gasteiger partial charge in [0.15, 0.2) is 0 Å². The summed E-state index contributed by atoms with van der Waals surface area (Å²) in [6, 6.07) is 77.2. The molecule has 0 saturated heterocycles. The van der Waals surface area contributed by atoms with Gasteiger partial charge in [0.05, 0.1) is 0 Å². The Morgan fingerprint density at radius 1 is 0.245 bits per heavy atom. The molecule has 10 aromatic rings. The first kappa shape index (κ1) is 30.8. The first-order valence-corrected chi connectivity index (χ1v) is 18.3. The Labute approximate surface area is 309 Å². The van der Waals surface area contributed by atoms with Crippen LogP contribution in [-0.4, -0.2) is 0 Å². The SMILES string of the molecule is c1ccc(-c2cccc(N(c3ccc(-c4cccc5c4ccc4ccc6ccc7ccccc7c6c45)cc3)c3cccc(-c4ccccc4)c3)c2)cc1. The number of hydrogen-bond donors (Lipinski definition) is 0. The summed E-state index contributed by atoms with van der Waals surface area (Å²) in [5.74, 6) is 0.